The van der Waals surface area contributed by atoms with Gasteiger partial charge in [0.2, 0.25) is 5.88 Å². The van der Waals surface area contributed by atoms with Crippen LogP contribution in [0.25, 0.3) is 0 Å². The molecule has 0 spiro atoms. The van der Waals surface area contributed by atoms with Gasteiger partial charge in [-0.15, -0.1) is 0 Å². The van der Waals surface area contributed by atoms with Gasteiger partial charge >= 0.3 is 5.97 Å². The standard InChI is InChI=1S/C18H21N3O4/c1-11-8-12(2)21-18(25-3)14(11)9-20-17(24)13-6-4-5-7-15(13)19-10-16(22)23/h4-8,19H,9-10H2,1-3H3,(H,20,24)(H,22,23). The van der Waals surface area contributed by atoms with Gasteiger partial charge in [0.1, 0.15) is 6.54 Å². The van der Waals surface area contributed by atoms with Crippen molar-refractivity contribution in [2.24, 2.45) is 0 Å². The van der Waals surface area contributed by atoms with Gasteiger partial charge in [-0.1, -0.05) is 12.1 Å². The van der Waals surface area contributed by atoms with Crippen molar-refractivity contribution < 1.29 is 19.4 Å². The summed E-state index contributed by atoms with van der Waals surface area (Å²) < 4.78 is 5.29. The highest BCUT2D eigenvalue weighted by atomic mass is 16.5. The third-order valence-corrected chi connectivity index (χ3v) is 3.66. The van der Waals surface area contributed by atoms with Crippen molar-refractivity contribution in [1.29, 1.82) is 0 Å². The van der Waals surface area contributed by atoms with Crippen LogP contribution in [0.5, 0.6) is 5.88 Å². The summed E-state index contributed by atoms with van der Waals surface area (Å²) in [6.45, 7) is 3.80. The second-order valence-electron chi connectivity index (χ2n) is 5.54. The van der Waals surface area contributed by atoms with Crippen LogP contribution in [0.2, 0.25) is 0 Å². The van der Waals surface area contributed by atoms with Crippen molar-refractivity contribution >= 4 is 17.6 Å². The highest BCUT2D eigenvalue weighted by Crippen LogP contribution is 2.21. The summed E-state index contributed by atoms with van der Waals surface area (Å²) in [5.74, 6) is -0.827. The lowest BCUT2D eigenvalue weighted by atomic mass is 10.1. The van der Waals surface area contributed by atoms with Gasteiger partial charge in [-0.05, 0) is 37.6 Å². The van der Waals surface area contributed by atoms with Crippen molar-refractivity contribution in [2.75, 3.05) is 19.0 Å². The minimum atomic E-state index is -0.999. The van der Waals surface area contributed by atoms with E-state index in [1.165, 1.54) is 7.11 Å². The van der Waals surface area contributed by atoms with Gasteiger partial charge in [0, 0.05) is 23.5 Å². The van der Waals surface area contributed by atoms with Crippen molar-refractivity contribution in [3.63, 3.8) is 0 Å². The predicted molar refractivity (Wildman–Crippen MR) is 94.0 cm³/mol. The number of carbonyl (C=O) groups excluding carboxylic acids is 1. The molecule has 0 aliphatic heterocycles. The smallest absolute Gasteiger partial charge is 0.322 e. The highest BCUT2D eigenvalue weighted by Gasteiger charge is 2.14. The van der Waals surface area contributed by atoms with E-state index >= 15 is 0 Å². The lowest BCUT2D eigenvalue weighted by Gasteiger charge is -2.14. The van der Waals surface area contributed by atoms with Crippen molar-refractivity contribution in [2.45, 2.75) is 20.4 Å². The molecule has 0 unspecified atom stereocenters. The Kier molecular flexibility index (Phi) is 5.94. The molecule has 1 amide bonds. The fourth-order valence-corrected chi connectivity index (χ4v) is 2.48. The molecule has 0 atom stereocenters. The molecule has 0 aliphatic rings. The molecule has 7 heteroatoms. The van der Waals surface area contributed by atoms with Crippen LogP contribution in [-0.4, -0.2) is 35.6 Å². The number of nitrogens with one attached hydrogen (secondary N) is 2. The minimum absolute atomic E-state index is 0.258. The Morgan fingerprint density at radius 3 is 2.64 bits per heavy atom. The molecule has 25 heavy (non-hydrogen) atoms. The van der Waals surface area contributed by atoms with E-state index in [4.69, 9.17) is 9.84 Å². The van der Waals surface area contributed by atoms with E-state index in [1.807, 2.05) is 19.9 Å². The van der Waals surface area contributed by atoms with Gasteiger partial charge in [0.25, 0.3) is 5.91 Å². The lowest BCUT2D eigenvalue weighted by molar-refractivity contribution is -0.134. The van der Waals surface area contributed by atoms with E-state index in [2.05, 4.69) is 15.6 Å². The Morgan fingerprint density at radius 1 is 1.24 bits per heavy atom. The number of amides is 1. The Morgan fingerprint density at radius 2 is 1.96 bits per heavy atom. The number of aryl methyl sites for hydroxylation is 2. The number of ether oxygens (including phenoxy) is 1. The third-order valence-electron chi connectivity index (χ3n) is 3.66. The molecule has 1 aromatic carbocycles. The number of pyridine rings is 1. The molecule has 0 fully saturated rings. The zero-order valence-corrected chi connectivity index (χ0v) is 14.4. The Hall–Kier alpha value is -3.09. The van der Waals surface area contributed by atoms with E-state index in [0.717, 1.165) is 16.8 Å². The Labute approximate surface area is 146 Å². The number of carbonyl (C=O) groups is 2. The first-order valence-electron chi connectivity index (χ1n) is 7.76. The normalized spacial score (nSPS) is 10.2. The second kappa shape index (κ2) is 8.14. The van der Waals surface area contributed by atoms with Crippen molar-refractivity contribution in [3.8, 4) is 5.88 Å². The average Bonchev–Trinajstić information content (AvgIpc) is 2.58. The van der Waals surface area contributed by atoms with Gasteiger partial charge in [-0.2, -0.15) is 0 Å². The summed E-state index contributed by atoms with van der Waals surface area (Å²) in [4.78, 5) is 27.5. The van der Waals surface area contributed by atoms with Gasteiger partial charge < -0.3 is 20.5 Å². The monoisotopic (exact) mass is 343 g/mol. The number of methoxy groups -OCH3 is 1. The molecular weight excluding hydrogens is 322 g/mol. The number of hydrogen-bond donors (Lipinski definition) is 3. The van der Waals surface area contributed by atoms with E-state index in [0.29, 0.717) is 17.1 Å². The Bertz CT molecular complexity index is 790. The molecule has 0 aliphatic carbocycles. The van der Waals surface area contributed by atoms with Crippen LogP contribution in [-0.2, 0) is 11.3 Å². The number of carboxylic acid groups (broad SMARTS) is 1. The first kappa shape index (κ1) is 18.3. The number of rotatable bonds is 7. The number of hydrogen-bond acceptors (Lipinski definition) is 5. The van der Waals surface area contributed by atoms with Crippen LogP contribution in [0.4, 0.5) is 5.69 Å². The first-order chi connectivity index (χ1) is 11.9. The molecule has 1 heterocycles. The molecule has 2 aromatic rings. The largest absolute Gasteiger partial charge is 0.481 e. The summed E-state index contributed by atoms with van der Waals surface area (Å²) in [5.41, 5.74) is 3.46. The molecule has 0 saturated heterocycles. The maximum Gasteiger partial charge on any atom is 0.322 e. The van der Waals surface area contributed by atoms with E-state index in [9.17, 15) is 9.59 Å². The fourth-order valence-electron chi connectivity index (χ4n) is 2.48. The van der Waals surface area contributed by atoms with Crippen LogP contribution in [0.15, 0.2) is 30.3 Å². The summed E-state index contributed by atoms with van der Waals surface area (Å²) in [6.07, 6.45) is 0. The minimum Gasteiger partial charge on any atom is -0.481 e. The topological polar surface area (TPSA) is 101 Å². The molecule has 7 nitrogen and oxygen atoms in total. The number of benzene rings is 1. The molecule has 0 radical (unpaired) electrons. The highest BCUT2D eigenvalue weighted by molar-refractivity contribution is 5.99. The number of anilines is 1. The maximum absolute atomic E-state index is 12.5. The predicted octanol–water partition coefficient (Wildman–Crippen LogP) is 2.13. The number of aliphatic carboxylic acids is 1. The Balaban J connectivity index is 2.15. The number of aromatic nitrogens is 1. The van der Waals surface area contributed by atoms with Crippen LogP contribution < -0.4 is 15.4 Å². The molecule has 0 bridgehead atoms. The molecule has 132 valence electrons. The number of para-hydroxylation sites is 1. The van der Waals surface area contributed by atoms with Crippen LogP contribution in [0.3, 0.4) is 0 Å². The molecule has 2 rings (SSSR count). The molecule has 0 saturated carbocycles. The molecule has 1 aromatic heterocycles. The number of carboxylic acids is 1. The van der Waals surface area contributed by atoms with Gasteiger partial charge in [-0.3, -0.25) is 9.59 Å². The van der Waals surface area contributed by atoms with Gasteiger partial charge in [-0.25, -0.2) is 4.98 Å². The van der Waals surface area contributed by atoms with E-state index in [-0.39, 0.29) is 19.0 Å². The lowest BCUT2D eigenvalue weighted by Crippen LogP contribution is -2.25. The van der Waals surface area contributed by atoms with Crippen LogP contribution in [0.1, 0.15) is 27.2 Å². The van der Waals surface area contributed by atoms with Gasteiger partial charge in [0.15, 0.2) is 0 Å². The summed E-state index contributed by atoms with van der Waals surface area (Å²) in [6, 6.07) is 8.68. The summed E-state index contributed by atoms with van der Waals surface area (Å²) in [5, 5.41) is 14.4. The quantitative estimate of drug-likeness (QED) is 0.712. The zero-order chi connectivity index (χ0) is 18.4. The number of nitrogens with zero attached hydrogens (tertiary/aromatic N) is 1. The van der Waals surface area contributed by atoms with Crippen LogP contribution >= 0.6 is 0 Å². The average molecular weight is 343 g/mol. The first-order valence-corrected chi connectivity index (χ1v) is 7.76. The van der Waals surface area contributed by atoms with E-state index < -0.39 is 5.97 Å². The van der Waals surface area contributed by atoms with Crippen molar-refractivity contribution in [1.82, 2.24) is 10.3 Å². The fraction of sp³-hybridized carbons (Fsp3) is 0.278. The molecule has 3 N–H and O–H groups in total. The maximum atomic E-state index is 12.5. The van der Waals surface area contributed by atoms with Gasteiger partial charge in [0.05, 0.1) is 12.7 Å². The van der Waals surface area contributed by atoms with Crippen LogP contribution in [0, 0.1) is 13.8 Å². The SMILES string of the molecule is COc1nc(C)cc(C)c1CNC(=O)c1ccccc1NCC(=O)O. The second-order valence-corrected chi connectivity index (χ2v) is 5.54. The van der Waals surface area contributed by atoms with Crippen molar-refractivity contribution in [3.05, 3.63) is 52.7 Å². The third kappa shape index (κ3) is 4.69. The molecular formula is C18H21N3O4. The zero-order valence-electron chi connectivity index (χ0n) is 14.4. The van der Waals surface area contributed by atoms with E-state index in [1.54, 1.807) is 24.3 Å². The summed E-state index contributed by atoms with van der Waals surface area (Å²) in [7, 11) is 1.54. The summed E-state index contributed by atoms with van der Waals surface area (Å²) >= 11 is 0.